The number of aromatic hydroxyl groups is 1. The summed E-state index contributed by atoms with van der Waals surface area (Å²) in [5, 5.41) is 34.7. The van der Waals surface area contributed by atoms with Crippen molar-refractivity contribution in [3.05, 3.63) is 114 Å². The number of benzene rings is 4. The van der Waals surface area contributed by atoms with Crippen molar-refractivity contribution in [1.29, 1.82) is 0 Å². The Morgan fingerprint density at radius 2 is 1.24 bits per heavy atom. The van der Waals surface area contributed by atoms with E-state index < -0.39 is 60.3 Å². The molecule has 0 aliphatic heterocycles. The van der Waals surface area contributed by atoms with Gasteiger partial charge in [0, 0.05) is 19.5 Å². The SMILES string of the molecule is NC(N)=NCCC[C@H](NC(=O)[C@H](CCCNCc1ccccc1)NC(=O)[C@H](N)Cc1ccc(O)cc1)C(=O)N[C@@H](Cc1ccc2ccccc2c1)C(=O)NCC(=O)O. The van der Waals surface area contributed by atoms with E-state index in [2.05, 4.69) is 31.6 Å². The minimum Gasteiger partial charge on any atom is -0.508 e. The van der Waals surface area contributed by atoms with Gasteiger partial charge in [0.1, 0.15) is 30.4 Å². The molecule has 0 aromatic heterocycles. The first kappa shape index (κ1) is 44.2. The summed E-state index contributed by atoms with van der Waals surface area (Å²) < 4.78 is 0. The Labute approximate surface area is 337 Å². The van der Waals surface area contributed by atoms with Crippen LogP contribution in [-0.2, 0) is 43.4 Å². The number of nitrogens with zero attached hydrogens (tertiary/aromatic N) is 1. The van der Waals surface area contributed by atoms with E-state index >= 15 is 0 Å². The zero-order chi connectivity index (χ0) is 41.9. The lowest BCUT2D eigenvalue weighted by Gasteiger charge is -2.26. The van der Waals surface area contributed by atoms with E-state index in [-0.39, 0.29) is 50.4 Å². The first-order valence-electron chi connectivity index (χ1n) is 19.1. The quantitative estimate of drug-likeness (QED) is 0.0287. The first-order chi connectivity index (χ1) is 27.9. The number of hydrogen-bond acceptors (Lipinski definition) is 9. The Balaban J connectivity index is 1.52. The summed E-state index contributed by atoms with van der Waals surface area (Å²) in [4.78, 5) is 70.1. The molecule has 16 nitrogen and oxygen atoms in total. The molecule has 0 aliphatic rings. The minimum absolute atomic E-state index is 0.0181. The predicted octanol–water partition coefficient (Wildman–Crippen LogP) is 0.937. The Hall–Kier alpha value is -6.52. The summed E-state index contributed by atoms with van der Waals surface area (Å²) in [7, 11) is 0. The summed E-state index contributed by atoms with van der Waals surface area (Å²) in [5.74, 6) is -4.04. The number of fused-ring (bicyclic) bond motifs is 1. The molecule has 0 fully saturated rings. The van der Waals surface area contributed by atoms with Gasteiger partial charge in [-0.1, -0.05) is 84.9 Å². The van der Waals surface area contributed by atoms with Crippen LogP contribution in [0, 0.1) is 0 Å². The van der Waals surface area contributed by atoms with Crippen LogP contribution in [0.4, 0.5) is 0 Å². The van der Waals surface area contributed by atoms with Crippen LogP contribution in [0.2, 0.25) is 0 Å². The fourth-order valence-electron chi connectivity index (χ4n) is 6.20. The zero-order valence-electron chi connectivity index (χ0n) is 32.2. The molecule has 0 radical (unpaired) electrons. The van der Waals surface area contributed by atoms with Crippen LogP contribution in [0.15, 0.2) is 102 Å². The second-order valence-corrected chi connectivity index (χ2v) is 13.9. The molecular formula is C42H53N9O7. The maximum absolute atomic E-state index is 14.0. The van der Waals surface area contributed by atoms with E-state index in [9.17, 15) is 34.2 Å². The fourth-order valence-corrected chi connectivity index (χ4v) is 6.20. The number of amides is 4. The molecule has 58 heavy (non-hydrogen) atoms. The van der Waals surface area contributed by atoms with Gasteiger partial charge in [-0.3, -0.25) is 29.0 Å². The number of carboxylic acid groups (broad SMARTS) is 1. The molecule has 0 saturated carbocycles. The second-order valence-electron chi connectivity index (χ2n) is 13.9. The Morgan fingerprint density at radius 3 is 1.91 bits per heavy atom. The molecule has 4 aromatic rings. The van der Waals surface area contributed by atoms with E-state index in [4.69, 9.17) is 17.2 Å². The standard InChI is InChI=1S/C42H53N9O7/c43-33(23-27-15-18-32(52)19-16-27)38(55)49-34(12-6-20-46-25-28-8-2-1-3-9-28)40(57)50-35(13-7-21-47-42(44)45)41(58)51-36(39(56)48-26-37(53)54)24-29-14-17-30-10-4-5-11-31(30)22-29/h1-5,8-11,14-19,22,33-36,46,52H,6-7,12-13,20-21,23-26,43H2,(H,48,56)(H,49,55)(H,50,57)(H,51,58)(H,53,54)(H4,44,45,47)/t33-,34+,35+,36+/m1/s1. The predicted molar refractivity (Wildman–Crippen MR) is 221 cm³/mol. The largest absolute Gasteiger partial charge is 0.508 e. The van der Waals surface area contributed by atoms with Gasteiger partial charge in [-0.2, -0.15) is 0 Å². The summed E-state index contributed by atoms with van der Waals surface area (Å²) in [5.41, 5.74) is 19.7. The van der Waals surface area contributed by atoms with E-state index in [0.29, 0.717) is 30.6 Å². The van der Waals surface area contributed by atoms with Gasteiger partial charge in [0.05, 0.1) is 6.04 Å². The van der Waals surface area contributed by atoms with Crippen LogP contribution in [0.3, 0.4) is 0 Å². The average Bonchev–Trinajstić information content (AvgIpc) is 3.21. The number of phenolic OH excluding ortho intramolecular Hbond substituents is 1. The highest BCUT2D eigenvalue weighted by Crippen LogP contribution is 2.17. The highest BCUT2D eigenvalue weighted by molar-refractivity contribution is 5.95. The summed E-state index contributed by atoms with van der Waals surface area (Å²) in [6, 6.07) is 24.7. The average molecular weight is 796 g/mol. The van der Waals surface area contributed by atoms with Gasteiger partial charge in [0.25, 0.3) is 0 Å². The Morgan fingerprint density at radius 1 is 0.638 bits per heavy atom. The number of carbonyl (C=O) groups excluding carboxylic acids is 4. The van der Waals surface area contributed by atoms with Crippen molar-refractivity contribution in [2.24, 2.45) is 22.2 Å². The molecule has 4 aromatic carbocycles. The zero-order valence-corrected chi connectivity index (χ0v) is 32.2. The molecule has 4 rings (SSSR count). The highest BCUT2D eigenvalue weighted by Gasteiger charge is 2.30. The van der Waals surface area contributed by atoms with Crippen molar-refractivity contribution in [2.75, 3.05) is 19.6 Å². The van der Waals surface area contributed by atoms with Crippen LogP contribution in [0.1, 0.15) is 42.4 Å². The van der Waals surface area contributed by atoms with E-state index in [1.807, 2.05) is 72.8 Å². The number of nitrogens with two attached hydrogens (primary N) is 3. The Bertz CT molecular complexity index is 2010. The third-order valence-electron chi connectivity index (χ3n) is 9.26. The van der Waals surface area contributed by atoms with Crippen LogP contribution in [-0.4, -0.2) is 89.6 Å². The normalized spacial score (nSPS) is 13.0. The van der Waals surface area contributed by atoms with Crippen molar-refractivity contribution in [2.45, 2.75) is 69.2 Å². The minimum atomic E-state index is -1.26. The molecule has 4 atom stereocenters. The molecule has 13 N–H and O–H groups in total. The van der Waals surface area contributed by atoms with Gasteiger partial charge in [0.2, 0.25) is 23.6 Å². The van der Waals surface area contributed by atoms with Crippen LogP contribution >= 0.6 is 0 Å². The van der Waals surface area contributed by atoms with Crippen molar-refractivity contribution < 1.29 is 34.2 Å². The monoisotopic (exact) mass is 795 g/mol. The van der Waals surface area contributed by atoms with Crippen LogP contribution in [0.25, 0.3) is 10.8 Å². The number of guanidine groups is 1. The number of carbonyl (C=O) groups is 5. The first-order valence-corrected chi connectivity index (χ1v) is 19.1. The molecule has 0 bridgehead atoms. The summed E-state index contributed by atoms with van der Waals surface area (Å²) in [6.45, 7) is 0.581. The van der Waals surface area contributed by atoms with Gasteiger partial charge in [-0.15, -0.1) is 0 Å². The van der Waals surface area contributed by atoms with Crippen molar-refractivity contribution in [3.63, 3.8) is 0 Å². The van der Waals surface area contributed by atoms with Crippen LogP contribution < -0.4 is 43.8 Å². The van der Waals surface area contributed by atoms with Gasteiger partial charge in [0.15, 0.2) is 5.96 Å². The highest BCUT2D eigenvalue weighted by atomic mass is 16.4. The third kappa shape index (κ3) is 15.2. The second kappa shape index (κ2) is 22.9. The van der Waals surface area contributed by atoms with Crippen molar-refractivity contribution >= 4 is 46.3 Å². The third-order valence-corrected chi connectivity index (χ3v) is 9.26. The number of rotatable bonds is 23. The molecule has 4 amide bonds. The van der Waals surface area contributed by atoms with Gasteiger partial charge < -0.3 is 54.0 Å². The van der Waals surface area contributed by atoms with Gasteiger partial charge >= 0.3 is 5.97 Å². The lowest BCUT2D eigenvalue weighted by molar-refractivity contribution is -0.138. The van der Waals surface area contributed by atoms with E-state index in [1.54, 1.807) is 12.1 Å². The lowest BCUT2D eigenvalue weighted by atomic mass is 10.0. The van der Waals surface area contributed by atoms with Crippen molar-refractivity contribution in [3.8, 4) is 5.75 Å². The molecule has 0 aliphatic carbocycles. The summed E-state index contributed by atoms with van der Waals surface area (Å²) >= 11 is 0. The number of hydrogen-bond donors (Lipinski definition) is 10. The number of aliphatic imine (C=N–C) groups is 1. The molecule has 0 spiro atoms. The number of nitrogens with one attached hydrogen (secondary N) is 5. The van der Waals surface area contributed by atoms with Gasteiger partial charge in [-0.05, 0) is 78.2 Å². The molecule has 16 heteroatoms. The van der Waals surface area contributed by atoms with Crippen molar-refractivity contribution in [1.82, 2.24) is 26.6 Å². The topological polar surface area (TPSA) is 276 Å². The molecule has 308 valence electrons. The van der Waals surface area contributed by atoms with Crippen LogP contribution in [0.5, 0.6) is 5.75 Å². The lowest BCUT2D eigenvalue weighted by Crippen LogP contribution is -2.58. The molecule has 0 unspecified atom stereocenters. The fraction of sp³-hybridized carbons (Fsp3) is 0.333. The summed E-state index contributed by atoms with van der Waals surface area (Å²) in [6.07, 6.45) is 1.12. The smallest absolute Gasteiger partial charge is 0.322 e. The number of phenols is 1. The number of aliphatic carboxylic acids is 1. The Kier molecular flexibility index (Phi) is 17.4. The molecule has 0 heterocycles. The maximum atomic E-state index is 14.0. The van der Waals surface area contributed by atoms with E-state index in [0.717, 1.165) is 16.3 Å². The maximum Gasteiger partial charge on any atom is 0.322 e. The number of carboxylic acids is 1. The molecular weight excluding hydrogens is 743 g/mol. The van der Waals surface area contributed by atoms with Gasteiger partial charge in [-0.25, -0.2) is 0 Å². The molecule has 0 saturated heterocycles. The van der Waals surface area contributed by atoms with E-state index in [1.165, 1.54) is 12.1 Å².